The first-order valence-electron chi connectivity index (χ1n) is 6.06. The summed E-state index contributed by atoms with van der Waals surface area (Å²) in [5.41, 5.74) is -0.0249. The Morgan fingerprint density at radius 1 is 1.45 bits per heavy atom. The van der Waals surface area contributed by atoms with Crippen molar-refractivity contribution in [3.63, 3.8) is 0 Å². The lowest BCUT2D eigenvalue weighted by atomic mass is 10.1. The molecular formula is C15H17NO4. The summed E-state index contributed by atoms with van der Waals surface area (Å²) >= 11 is 0. The van der Waals surface area contributed by atoms with E-state index >= 15 is 0 Å². The minimum absolute atomic E-state index is 0.0571. The van der Waals surface area contributed by atoms with Crippen LogP contribution in [0.15, 0.2) is 18.2 Å². The van der Waals surface area contributed by atoms with Gasteiger partial charge in [-0.15, -0.1) is 0 Å². The highest BCUT2D eigenvalue weighted by atomic mass is 16.6. The van der Waals surface area contributed by atoms with Crippen molar-refractivity contribution in [2.24, 2.45) is 0 Å². The van der Waals surface area contributed by atoms with Crippen molar-refractivity contribution in [1.29, 1.82) is 0 Å². The number of benzene rings is 1. The number of aromatic hydroxyl groups is 1. The van der Waals surface area contributed by atoms with E-state index in [0.29, 0.717) is 11.8 Å². The smallest absolute Gasteiger partial charge is 0.408 e. The molecule has 20 heavy (non-hydrogen) atoms. The van der Waals surface area contributed by atoms with Crippen LogP contribution < -0.4 is 5.32 Å². The number of rotatable bonds is 2. The second kappa shape index (κ2) is 6.62. The molecular weight excluding hydrogens is 258 g/mol. The van der Waals surface area contributed by atoms with Crippen molar-refractivity contribution in [3.8, 4) is 17.6 Å². The van der Waals surface area contributed by atoms with Gasteiger partial charge < -0.3 is 15.2 Å². The Morgan fingerprint density at radius 2 is 2.15 bits per heavy atom. The van der Waals surface area contributed by atoms with Gasteiger partial charge in [0.05, 0.1) is 12.1 Å². The van der Waals surface area contributed by atoms with Gasteiger partial charge in [-0.3, -0.25) is 4.79 Å². The van der Waals surface area contributed by atoms with Crippen LogP contribution in [-0.4, -0.2) is 29.6 Å². The van der Waals surface area contributed by atoms with Crippen LogP contribution in [0.2, 0.25) is 0 Å². The number of alkyl carbamates (subject to hydrolysis) is 1. The van der Waals surface area contributed by atoms with Crippen LogP contribution >= 0.6 is 0 Å². The summed E-state index contributed by atoms with van der Waals surface area (Å²) in [6.07, 6.45) is 0.0464. The van der Waals surface area contributed by atoms with E-state index in [1.165, 1.54) is 6.07 Å². The van der Waals surface area contributed by atoms with E-state index in [1.807, 2.05) is 0 Å². The predicted molar refractivity (Wildman–Crippen MR) is 74.6 cm³/mol. The van der Waals surface area contributed by atoms with Crippen LogP contribution in [0, 0.1) is 11.8 Å². The largest absolute Gasteiger partial charge is 0.507 e. The first-order valence-corrected chi connectivity index (χ1v) is 6.06. The lowest BCUT2D eigenvalue weighted by Crippen LogP contribution is -2.32. The maximum Gasteiger partial charge on any atom is 0.408 e. The van der Waals surface area contributed by atoms with Crippen molar-refractivity contribution in [3.05, 3.63) is 29.3 Å². The van der Waals surface area contributed by atoms with E-state index in [2.05, 4.69) is 17.2 Å². The molecule has 2 N–H and O–H groups in total. The topological polar surface area (TPSA) is 75.6 Å². The van der Waals surface area contributed by atoms with Gasteiger partial charge in [0.15, 0.2) is 6.29 Å². The van der Waals surface area contributed by atoms with E-state index in [4.69, 9.17) is 4.74 Å². The summed E-state index contributed by atoms with van der Waals surface area (Å²) in [7, 11) is 0. The number of hydrogen-bond acceptors (Lipinski definition) is 4. The number of carbonyl (C=O) groups is 2. The second-order valence-electron chi connectivity index (χ2n) is 5.02. The molecule has 106 valence electrons. The van der Waals surface area contributed by atoms with Crippen LogP contribution in [0.4, 0.5) is 4.79 Å². The van der Waals surface area contributed by atoms with Gasteiger partial charge in [-0.1, -0.05) is 24.0 Å². The fourth-order valence-electron chi connectivity index (χ4n) is 1.36. The molecule has 0 aliphatic rings. The first kappa shape index (κ1) is 15.6. The molecule has 0 radical (unpaired) electrons. The Labute approximate surface area is 117 Å². The van der Waals surface area contributed by atoms with Gasteiger partial charge in [0, 0.05) is 5.56 Å². The Hall–Kier alpha value is -2.48. The average Bonchev–Trinajstić information content (AvgIpc) is 2.33. The quantitative estimate of drug-likeness (QED) is 0.640. The van der Waals surface area contributed by atoms with Crippen LogP contribution in [0.5, 0.6) is 5.75 Å². The number of phenols is 1. The average molecular weight is 275 g/mol. The Bertz CT molecular complexity index is 561. The number of nitrogens with one attached hydrogen (secondary N) is 1. The molecule has 0 aliphatic heterocycles. The Kier molecular flexibility index (Phi) is 5.15. The third kappa shape index (κ3) is 5.02. The highest BCUT2D eigenvalue weighted by Crippen LogP contribution is 2.18. The van der Waals surface area contributed by atoms with E-state index in [1.54, 1.807) is 32.9 Å². The van der Waals surface area contributed by atoms with Gasteiger partial charge >= 0.3 is 6.09 Å². The molecule has 0 heterocycles. The molecule has 1 amide bonds. The summed E-state index contributed by atoms with van der Waals surface area (Å²) < 4.78 is 5.04. The fourth-order valence-corrected chi connectivity index (χ4v) is 1.36. The van der Waals surface area contributed by atoms with E-state index in [9.17, 15) is 14.7 Å². The molecule has 0 fully saturated rings. The third-order valence-corrected chi connectivity index (χ3v) is 2.14. The van der Waals surface area contributed by atoms with Gasteiger partial charge in [-0.2, -0.15) is 0 Å². The molecule has 1 rings (SSSR count). The summed E-state index contributed by atoms with van der Waals surface area (Å²) in [6.45, 7) is 5.34. The van der Waals surface area contributed by atoms with Crippen molar-refractivity contribution < 1.29 is 19.4 Å². The van der Waals surface area contributed by atoms with Gasteiger partial charge in [0.25, 0.3) is 0 Å². The van der Waals surface area contributed by atoms with Crippen LogP contribution in [0.3, 0.4) is 0 Å². The number of hydrogen-bond donors (Lipinski definition) is 2. The number of amides is 1. The molecule has 1 aromatic carbocycles. The highest BCUT2D eigenvalue weighted by Gasteiger charge is 2.15. The molecule has 0 aromatic heterocycles. The zero-order chi connectivity index (χ0) is 15.2. The number of carbonyl (C=O) groups excluding carboxylic acids is 2. The highest BCUT2D eigenvalue weighted by molar-refractivity contribution is 5.81. The molecule has 0 unspecified atom stereocenters. The van der Waals surface area contributed by atoms with E-state index in [0.717, 1.165) is 0 Å². The van der Waals surface area contributed by atoms with Crippen LogP contribution in [0.25, 0.3) is 0 Å². The molecule has 5 nitrogen and oxygen atoms in total. The Morgan fingerprint density at radius 3 is 2.75 bits per heavy atom. The SMILES string of the molecule is CC(C)(C)OC(=O)NCC#Cc1c(O)cccc1C=O. The van der Waals surface area contributed by atoms with Crippen LogP contribution in [0.1, 0.15) is 36.7 Å². The lowest BCUT2D eigenvalue weighted by molar-refractivity contribution is 0.0535. The standard InChI is InChI=1S/C15H17NO4/c1-15(2,3)20-14(19)16-9-5-7-12-11(10-17)6-4-8-13(12)18/h4,6,8,10,18H,9H2,1-3H3,(H,16,19). The maximum atomic E-state index is 11.4. The molecule has 0 saturated heterocycles. The second-order valence-corrected chi connectivity index (χ2v) is 5.02. The van der Waals surface area contributed by atoms with Gasteiger partial charge in [-0.05, 0) is 26.8 Å². The maximum absolute atomic E-state index is 11.4. The normalized spacial score (nSPS) is 10.2. The van der Waals surface area contributed by atoms with Crippen molar-refractivity contribution in [2.75, 3.05) is 6.54 Å². The van der Waals surface area contributed by atoms with Gasteiger partial charge in [0.2, 0.25) is 0 Å². The summed E-state index contributed by atoms with van der Waals surface area (Å²) in [4.78, 5) is 22.2. The van der Waals surface area contributed by atoms with Crippen molar-refractivity contribution >= 4 is 12.4 Å². The zero-order valence-electron chi connectivity index (χ0n) is 11.7. The summed E-state index contributed by atoms with van der Waals surface area (Å²) in [6, 6.07) is 4.56. The molecule has 5 heteroatoms. The third-order valence-electron chi connectivity index (χ3n) is 2.14. The molecule has 1 aromatic rings. The Balaban J connectivity index is 2.64. The van der Waals surface area contributed by atoms with Gasteiger partial charge in [-0.25, -0.2) is 4.79 Å². The van der Waals surface area contributed by atoms with Crippen molar-refractivity contribution in [1.82, 2.24) is 5.32 Å². The van der Waals surface area contributed by atoms with Gasteiger partial charge in [0.1, 0.15) is 11.4 Å². The zero-order valence-corrected chi connectivity index (χ0v) is 11.7. The predicted octanol–water partition coefficient (Wildman–Crippen LogP) is 2.08. The number of aldehydes is 1. The lowest BCUT2D eigenvalue weighted by Gasteiger charge is -2.19. The molecule has 0 spiro atoms. The minimum Gasteiger partial charge on any atom is -0.507 e. The first-order chi connectivity index (χ1) is 9.33. The monoisotopic (exact) mass is 275 g/mol. The van der Waals surface area contributed by atoms with Crippen LogP contribution in [-0.2, 0) is 4.74 Å². The number of ether oxygens (including phenoxy) is 1. The van der Waals surface area contributed by atoms with E-state index in [-0.39, 0.29) is 17.9 Å². The molecule has 0 atom stereocenters. The minimum atomic E-state index is -0.570. The molecule has 0 saturated carbocycles. The fraction of sp³-hybridized carbons (Fsp3) is 0.333. The molecule has 0 bridgehead atoms. The molecule has 0 aliphatic carbocycles. The summed E-state index contributed by atoms with van der Waals surface area (Å²) in [5, 5.41) is 12.1. The number of phenolic OH excluding ortho intramolecular Hbond substituents is 1. The van der Waals surface area contributed by atoms with Crippen molar-refractivity contribution in [2.45, 2.75) is 26.4 Å². The summed E-state index contributed by atoms with van der Waals surface area (Å²) in [5.74, 6) is 5.23. The van der Waals surface area contributed by atoms with E-state index < -0.39 is 11.7 Å².